The zero-order valence-electron chi connectivity index (χ0n) is 9.40. The number of hydrogen-bond donors (Lipinski definition) is 1. The number of ether oxygens (including phenoxy) is 2. The summed E-state index contributed by atoms with van der Waals surface area (Å²) in [5.41, 5.74) is 7.79. The number of nitrogens with two attached hydrogens (primary N) is 1. The van der Waals surface area contributed by atoms with Gasteiger partial charge in [-0.2, -0.15) is 0 Å². The van der Waals surface area contributed by atoms with Crippen LogP contribution in [0.1, 0.15) is 12.5 Å². The first kappa shape index (κ1) is 12.0. The van der Waals surface area contributed by atoms with E-state index in [0.717, 1.165) is 17.7 Å². The Kier molecular flexibility index (Phi) is 5.15. The van der Waals surface area contributed by atoms with Crippen LogP contribution in [0.25, 0.3) is 0 Å². The van der Waals surface area contributed by atoms with E-state index in [1.54, 1.807) is 7.11 Å². The zero-order valence-corrected chi connectivity index (χ0v) is 9.40. The Morgan fingerprint density at radius 2 is 2.07 bits per heavy atom. The lowest BCUT2D eigenvalue weighted by atomic mass is 10.1. The molecule has 0 aromatic heterocycles. The molecule has 0 bridgehead atoms. The van der Waals surface area contributed by atoms with Crippen molar-refractivity contribution in [3.63, 3.8) is 0 Å². The Morgan fingerprint density at radius 3 is 2.73 bits per heavy atom. The normalized spacial score (nSPS) is 12.7. The Morgan fingerprint density at radius 1 is 1.33 bits per heavy atom. The number of methoxy groups -OCH3 is 1. The van der Waals surface area contributed by atoms with Crippen LogP contribution in [0.5, 0.6) is 0 Å². The van der Waals surface area contributed by atoms with Crippen LogP contribution in [0.3, 0.4) is 0 Å². The van der Waals surface area contributed by atoms with E-state index >= 15 is 0 Å². The number of anilines is 1. The van der Waals surface area contributed by atoms with Crippen LogP contribution in [-0.2, 0) is 15.9 Å². The van der Waals surface area contributed by atoms with Crippen molar-refractivity contribution in [3.8, 4) is 0 Å². The molecule has 0 amide bonds. The second-order valence-corrected chi connectivity index (χ2v) is 3.59. The Bertz CT molecular complexity index is 289. The molecule has 0 aliphatic rings. The van der Waals surface area contributed by atoms with Crippen LogP contribution >= 0.6 is 0 Å². The van der Waals surface area contributed by atoms with Crippen LogP contribution in [0.15, 0.2) is 24.3 Å². The molecule has 84 valence electrons. The molecule has 0 aliphatic carbocycles. The molecular weight excluding hydrogens is 190 g/mol. The van der Waals surface area contributed by atoms with E-state index in [-0.39, 0.29) is 6.10 Å². The van der Waals surface area contributed by atoms with Gasteiger partial charge in [-0.15, -0.1) is 0 Å². The van der Waals surface area contributed by atoms with E-state index in [0.29, 0.717) is 13.2 Å². The average molecular weight is 209 g/mol. The third kappa shape index (κ3) is 4.32. The highest BCUT2D eigenvalue weighted by Gasteiger charge is 2.02. The fourth-order valence-electron chi connectivity index (χ4n) is 1.41. The number of nitrogen functional groups attached to an aromatic ring is 1. The molecular formula is C12H19NO2. The molecule has 0 heterocycles. The highest BCUT2D eigenvalue weighted by atomic mass is 16.5. The van der Waals surface area contributed by atoms with Gasteiger partial charge in [0.05, 0.1) is 19.3 Å². The summed E-state index contributed by atoms with van der Waals surface area (Å²) in [5, 5.41) is 0. The van der Waals surface area contributed by atoms with E-state index in [1.165, 1.54) is 0 Å². The minimum Gasteiger partial charge on any atom is -0.399 e. The molecule has 2 N–H and O–H groups in total. The maximum Gasteiger partial charge on any atom is 0.0780 e. The van der Waals surface area contributed by atoms with Crippen molar-refractivity contribution in [2.24, 2.45) is 0 Å². The van der Waals surface area contributed by atoms with Crippen LogP contribution in [0, 0.1) is 0 Å². The SMILES string of the molecule is COCC(C)OCCc1ccccc1N. The van der Waals surface area contributed by atoms with Gasteiger partial charge in [0, 0.05) is 12.8 Å². The van der Waals surface area contributed by atoms with Crippen LogP contribution in [-0.4, -0.2) is 26.4 Å². The maximum absolute atomic E-state index is 5.82. The molecule has 0 fully saturated rings. The van der Waals surface area contributed by atoms with Crippen molar-refractivity contribution in [2.45, 2.75) is 19.4 Å². The van der Waals surface area contributed by atoms with Gasteiger partial charge in [0.1, 0.15) is 0 Å². The minimum absolute atomic E-state index is 0.139. The molecule has 0 saturated carbocycles. The van der Waals surface area contributed by atoms with Crippen molar-refractivity contribution in [2.75, 3.05) is 26.1 Å². The Labute approximate surface area is 91.2 Å². The molecule has 3 heteroatoms. The summed E-state index contributed by atoms with van der Waals surface area (Å²) in [5.74, 6) is 0. The van der Waals surface area contributed by atoms with Crippen molar-refractivity contribution in [1.82, 2.24) is 0 Å². The molecule has 0 saturated heterocycles. The minimum atomic E-state index is 0.139. The first-order valence-corrected chi connectivity index (χ1v) is 5.18. The summed E-state index contributed by atoms with van der Waals surface area (Å²) in [6, 6.07) is 7.87. The molecule has 1 unspecified atom stereocenters. The van der Waals surface area contributed by atoms with Crippen molar-refractivity contribution < 1.29 is 9.47 Å². The van der Waals surface area contributed by atoms with Gasteiger partial charge >= 0.3 is 0 Å². The van der Waals surface area contributed by atoms with E-state index < -0.39 is 0 Å². The monoisotopic (exact) mass is 209 g/mol. The van der Waals surface area contributed by atoms with E-state index in [9.17, 15) is 0 Å². The van der Waals surface area contributed by atoms with Crippen LogP contribution < -0.4 is 5.73 Å². The standard InChI is InChI=1S/C12H19NO2/c1-10(9-14-2)15-8-7-11-5-3-4-6-12(11)13/h3-6,10H,7-9,13H2,1-2H3. The maximum atomic E-state index is 5.82. The quantitative estimate of drug-likeness (QED) is 0.727. The highest BCUT2D eigenvalue weighted by molar-refractivity contribution is 5.46. The fraction of sp³-hybridized carbons (Fsp3) is 0.500. The third-order valence-corrected chi connectivity index (χ3v) is 2.23. The van der Waals surface area contributed by atoms with Crippen LogP contribution in [0.4, 0.5) is 5.69 Å². The lowest BCUT2D eigenvalue weighted by molar-refractivity contribution is 0.0107. The van der Waals surface area contributed by atoms with Gasteiger partial charge in [-0.1, -0.05) is 18.2 Å². The predicted octanol–water partition coefficient (Wildman–Crippen LogP) is 1.86. The molecule has 1 atom stereocenters. The van der Waals surface area contributed by atoms with E-state index in [4.69, 9.17) is 15.2 Å². The van der Waals surface area contributed by atoms with Gasteiger partial charge in [-0.3, -0.25) is 0 Å². The van der Waals surface area contributed by atoms with Gasteiger partial charge < -0.3 is 15.2 Å². The average Bonchev–Trinajstić information content (AvgIpc) is 2.21. The zero-order chi connectivity index (χ0) is 11.1. The molecule has 0 spiro atoms. The predicted molar refractivity (Wildman–Crippen MR) is 61.8 cm³/mol. The Hall–Kier alpha value is -1.06. The molecule has 1 aromatic carbocycles. The summed E-state index contributed by atoms with van der Waals surface area (Å²) >= 11 is 0. The molecule has 15 heavy (non-hydrogen) atoms. The van der Waals surface area contributed by atoms with Crippen molar-refractivity contribution in [1.29, 1.82) is 0 Å². The van der Waals surface area contributed by atoms with Crippen molar-refractivity contribution in [3.05, 3.63) is 29.8 Å². The summed E-state index contributed by atoms with van der Waals surface area (Å²) in [7, 11) is 1.68. The van der Waals surface area contributed by atoms with Gasteiger partial charge in [0.2, 0.25) is 0 Å². The number of benzene rings is 1. The first-order chi connectivity index (χ1) is 7.24. The molecule has 1 rings (SSSR count). The fourth-order valence-corrected chi connectivity index (χ4v) is 1.41. The lowest BCUT2D eigenvalue weighted by Gasteiger charge is -2.12. The van der Waals surface area contributed by atoms with Gasteiger partial charge in [-0.25, -0.2) is 0 Å². The number of para-hydroxylation sites is 1. The second kappa shape index (κ2) is 6.43. The first-order valence-electron chi connectivity index (χ1n) is 5.18. The van der Waals surface area contributed by atoms with Gasteiger partial charge in [-0.05, 0) is 25.0 Å². The lowest BCUT2D eigenvalue weighted by Crippen LogP contribution is -2.16. The largest absolute Gasteiger partial charge is 0.399 e. The summed E-state index contributed by atoms with van der Waals surface area (Å²) in [4.78, 5) is 0. The van der Waals surface area contributed by atoms with Gasteiger partial charge in [0.15, 0.2) is 0 Å². The topological polar surface area (TPSA) is 44.5 Å². The van der Waals surface area contributed by atoms with Gasteiger partial charge in [0.25, 0.3) is 0 Å². The van der Waals surface area contributed by atoms with E-state index in [1.807, 2.05) is 31.2 Å². The molecule has 1 aromatic rings. The molecule has 0 radical (unpaired) electrons. The van der Waals surface area contributed by atoms with Crippen LogP contribution in [0.2, 0.25) is 0 Å². The third-order valence-electron chi connectivity index (χ3n) is 2.23. The molecule has 3 nitrogen and oxygen atoms in total. The number of rotatable bonds is 6. The highest BCUT2D eigenvalue weighted by Crippen LogP contribution is 2.11. The Balaban J connectivity index is 2.29. The summed E-state index contributed by atoms with van der Waals surface area (Å²) in [6.45, 7) is 3.31. The molecule has 0 aliphatic heterocycles. The number of hydrogen-bond acceptors (Lipinski definition) is 3. The summed E-state index contributed by atoms with van der Waals surface area (Å²) < 4.78 is 10.5. The summed E-state index contributed by atoms with van der Waals surface area (Å²) in [6.07, 6.45) is 0.987. The smallest absolute Gasteiger partial charge is 0.0780 e. The second-order valence-electron chi connectivity index (χ2n) is 3.59. The van der Waals surface area contributed by atoms with Crippen molar-refractivity contribution >= 4 is 5.69 Å². The van der Waals surface area contributed by atoms with E-state index in [2.05, 4.69) is 0 Å².